The smallest absolute Gasteiger partial charge is 0.210 e. The van der Waals surface area contributed by atoms with E-state index in [9.17, 15) is 8.42 Å². The van der Waals surface area contributed by atoms with Crippen LogP contribution >= 0.6 is 0 Å². The van der Waals surface area contributed by atoms with Gasteiger partial charge in [0.15, 0.2) is 0 Å². The van der Waals surface area contributed by atoms with Gasteiger partial charge in [0.25, 0.3) is 0 Å². The van der Waals surface area contributed by atoms with E-state index in [0.717, 1.165) is 12.8 Å². The molecule has 0 aliphatic carbocycles. The van der Waals surface area contributed by atoms with Gasteiger partial charge < -0.3 is 0 Å². The van der Waals surface area contributed by atoms with Crippen LogP contribution in [0.1, 0.15) is 40.5 Å². The molecule has 0 heterocycles. The molecule has 3 nitrogen and oxygen atoms in total. The summed E-state index contributed by atoms with van der Waals surface area (Å²) in [5.41, 5.74) is 0.322. The Balaban J connectivity index is 3.97. The van der Waals surface area contributed by atoms with Crippen molar-refractivity contribution in [1.82, 2.24) is 4.31 Å². The normalized spacial score (nSPS) is 15.7. The summed E-state index contributed by atoms with van der Waals surface area (Å²) in [7, 11) is -1.37. The monoisotopic (exact) mass is 235 g/mol. The number of hydrogen-bond acceptors (Lipinski definition) is 2. The predicted octanol–water partition coefficient (Wildman–Crippen LogP) is 2.34. The van der Waals surface area contributed by atoms with Crippen molar-refractivity contribution in [2.45, 2.75) is 40.5 Å². The Morgan fingerprint density at radius 3 is 2.07 bits per heavy atom. The molecule has 0 saturated heterocycles. The summed E-state index contributed by atoms with van der Waals surface area (Å²) in [6, 6.07) is 0. The molecule has 0 aromatic rings. The lowest BCUT2D eigenvalue weighted by Gasteiger charge is -2.24. The van der Waals surface area contributed by atoms with E-state index in [2.05, 4.69) is 27.7 Å². The molecule has 0 rings (SSSR count). The third-order valence-electron chi connectivity index (χ3n) is 2.46. The zero-order valence-electron chi connectivity index (χ0n) is 10.9. The second-order valence-corrected chi connectivity index (χ2v) is 7.83. The first-order chi connectivity index (χ1) is 6.52. The van der Waals surface area contributed by atoms with Crippen LogP contribution in [0, 0.1) is 11.3 Å². The van der Waals surface area contributed by atoms with Crippen LogP contribution in [-0.2, 0) is 10.0 Å². The van der Waals surface area contributed by atoms with Gasteiger partial charge in [-0.05, 0) is 24.2 Å². The Morgan fingerprint density at radius 2 is 1.73 bits per heavy atom. The van der Waals surface area contributed by atoms with Crippen LogP contribution in [0.25, 0.3) is 0 Å². The summed E-state index contributed by atoms with van der Waals surface area (Å²) in [5, 5.41) is 0. The van der Waals surface area contributed by atoms with E-state index in [0.29, 0.717) is 17.9 Å². The van der Waals surface area contributed by atoms with E-state index < -0.39 is 10.0 Å². The quantitative estimate of drug-likeness (QED) is 0.733. The number of sulfonamides is 1. The minimum absolute atomic E-state index is 0.322. The SMILES string of the molecule is CC(CCN(C)S(C)(=O)=O)CC(C)(C)C. The molecule has 0 aliphatic heterocycles. The van der Waals surface area contributed by atoms with Gasteiger partial charge in [0.2, 0.25) is 10.0 Å². The van der Waals surface area contributed by atoms with Crippen molar-refractivity contribution < 1.29 is 8.42 Å². The minimum Gasteiger partial charge on any atom is -0.213 e. The van der Waals surface area contributed by atoms with Gasteiger partial charge in [-0.1, -0.05) is 27.7 Å². The molecule has 0 bridgehead atoms. The van der Waals surface area contributed by atoms with E-state index in [1.54, 1.807) is 7.05 Å². The van der Waals surface area contributed by atoms with Crippen LogP contribution in [0.15, 0.2) is 0 Å². The average Bonchev–Trinajstić information content (AvgIpc) is 1.94. The van der Waals surface area contributed by atoms with Crippen molar-refractivity contribution in [3.8, 4) is 0 Å². The molecular formula is C11H25NO2S. The summed E-state index contributed by atoms with van der Waals surface area (Å²) in [5.74, 6) is 0.564. The summed E-state index contributed by atoms with van der Waals surface area (Å²) >= 11 is 0. The average molecular weight is 235 g/mol. The highest BCUT2D eigenvalue weighted by Gasteiger charge is 2.17. The van der Waals surface area contributed by atoms with E-state index in [1.165, 1.54) is 10.6 Å². The fourth-order valence-corrected chi connectivity index (χ4v) is 2.15. The van der Waals surface area contributed by atoms with E-state index in [4.69, 9.17) is 0 Å². The molecule has 4 heteroatoms. The van der Waals surface area contributed by atoms with Crippen molar-refractivity contribution >= 4 is 10.0 Å². The number of nitrogens with zero attached hydrogens (tertiary/aromatic N) is 1. The van der Waals surface area contributed by atoms with Crippen LogP contribution in [0.5, 0.6) is 0 Å². The fourth-order valence-electron chi connectivity index (χ4n) is 1.72. The largest absolute Gasteiger partial charge is 0.213 e. The molecule has 0 saturated carbocycles. The molecule has 0 radical (unpaired) electrons. The van der Waals surface area contributed by atoms with Gasteiger partial charge in [0.1, 0.15) is 0 Å². The van der Waals surface area contributed by atoms with Crippen molar-refractivity contribution in [2.24, 2.45) is 11.3 Å². The topological polar surface area (TPSA) is 37.4 Å². The molecule has 1 unspecified atom stereocenters. The summed E-state index contributed by atoms with van der Waals surface area (Å²) in [4.78, 5) is 0. The Kier molecular flexibility index (Phi) is 5.27. The zero-order valence-corrected chi connectivity index (χ0v) is 11.7. The van der Waals surface area contributed by atoms with Gasteiger partial charge in [-0.2, -0.15) is 0 Å². The fraction of sp³-hybridized carbons (Fsp3) is 1.00. The number of hydrogen-bond donors (Lipinski definition) is 0. The summed E-state index contributed by atoms with van der Waals surface area (Å²) in [6.07, 6.45) is 3.31. The third-order valence-corrected chi connectivity index (χ3v) is 3.78. The molecule has 1 atom stereocenters. The van der Waals surface area contributed by atoms with E-state index in [-0.39, 0.29) is 0 Å². The second-order valence-electron chi connectivity index (χ2n) is 5.74. The number of rotatable bonds is 5. The minimum atomic E-state index is -3.01. The first-order valence-corrected chi connectivity index (χ1v) is 7.28. The lowest BCUT2D eigenvalue weighted by molar-refractivity contribution is 0.285. The van der Waals surface area contributed by atoms with Gasteiger partial charge >= 0.3 is 0 Å². The maximum absolute atomic E-state index is 11.2. The van der Waals surface area contributed by atoms with Gasteiger partial charge in [0, 0.05) is 13.6 Å². The van der Waals surface area contributed by atoms with E-state index >= 15 is 0 Å². The van der Waals surface area contributed by atoms with Gasteiger partial charge in [-0.25, -0.2) is 12.7 Å². The Bertz CT molecular complexity index is 277. The Hall–Kier alpha value is -0.0900. The van der Waals surface area contributed by atoms with Crippen molar-refractivity contribution in [3.05, 3.63) is 0 Å². The summed E-state index contributed by atoms with van der Waals surface area (Å²) < 4.78 is 23.7. The van der Waals surface area contributed by atoms with Gasteiger partial charge in [-0.15, -0.1) is 0 Å². The molecule has 0 amide bonds. The highest BCUT2D eigenvalue weighted by atomic mass is 32.2. The highest BCUT2D eigenvalue weighted by Crippen LogP contribution is 2.25. The zero-order chi connectivity index (χ0) is 12.3. The van der Waals surface area contributed by atoms with E-state index in [1.807, 2.05) is 0 Å². The highest BCUT2D eigenvalue weighted by molar-refractivity contribution is 7.88. The molecular weight excluding hydrogens is 210 g/mol. The molecule has 0 aromatic carbocycles. The Labute approximate surface area is 94.9 Å². The first-order valence-electron chi connectivity index (χ1n) is 5.43. The molecule has 15 heavy (non-hydrogen) atoms. The predicted molar refractivity (Wildman–Crippen MR) is 65.3 cm³/mol. The maximum Gasteiger partial charge on any atom is 0.210 e. The molecule has 0 aromatic heterocycles. The van der Waals surface area contributed by atoms with Crippen molar-refractivity contribution in [2.75, 3.05) is 19.8 Å². The van der Waals surface area contributed by atoms with Crippen LogP contribution in [0.4, 0.5) is 0 Å². The van der Waals surface area contributed by atoms with Gasteiger partial charge in [-0.3, -0.25) is 0 Å². The summed E-state index contributed by atoms with van der Waals surface area (Å²) in [6.45, 7) is 9.44. The van der Waals surface area contributed by atoms with Gasteiger partial charge in [0.05, 0.1) is 6.26 Å². The molecule has 92 valence electrons. The first kappa shape index (κ1) is 14.9. The maximum atomic E-state index is 11.2. The molecule has 0 spiro atoms. The lowest BCUT2D eigenvalue weighted by atomic mass is 9.84. The lowest BCUT2D eigenvalue weighted by Crippen LogP contribution is -2.28. The molecule has 0 fully saturated rings. The van der Waals surface area contributed by atoms with Crippen molar-refractivity contribution in [1.29, 1.82) is 0 Å². The molecule has 0 N–H and O–H groups in total. The van der Waals surface area contributed by atoms with Crippen LogP contribution < -0.4 is 0 Å². The molecule has 0 aliphatic rings. The van der Waals surface area contributed by atoms with Crippen LogP contribution in [-0.4, -0.2) is 32.6 Å². The second kappa shape index (κ2) is 5.30. The standard InChI is InChI=1S/C11H25NO2S/c1-10(9-11(2,3)4)7-8-12(5)15(6,13)14/h10H,7-9H2,1-6H3. The van der Waals surface area contributed by atoms with Crippen molar-refractivity contribution in [3.63, 3.8) is 0 Å². The van der Waals surface area contributed by atoms with Crippen LogP contribution in [0.3, 0.4) is 0 Å². The van der Waals surface area contributed by atoms with Crippen LogP contribution in [0.2, 0.25) is 0 Å². The Morgan fingerprint density at radius 1 is 1.27 bits per heavy atom. The third kappa shape index (κ3) is 7.79.